The van der Waals surface area contributed by atoms with Crippen LogP contribution in [0, 0.1) is 18.8 Å². The summed E-state index contributed by atoms with van der Waals surface area (Å²) >= 11 is 0. The van der Waals surface area contributed by atoms with Crippen LogP contribution >= 0.6 is 0 Å². The highest BCUT2D eigenvalue weighted by Gasteiger charge is 2.24. The van der Waals surface area contributed by atoms with Crippen LogP contribution in [0.25, 0.3) is 0 Å². The minimum Gasteiger partial charge on any atom is -0.309 e. The Morgan fingerprint density at radius 1 is 1.20 bits per heavy atom. The minimum atomic E-state index is 0.457. The molecule has 1 aromatic rings. The number of benzene rings is 1. The lowest BCUT2D eigenvalue weighted by atomic mass is 9.91. The first-order chi connectivity index (χ1) is 9.60. The maximum Gasteiger partial charge on any atom is 0.0451 e. The maximum atomic E-state index is 3.68. The predicted octanol–water partition coefficient (Wildman–Crippen LogP) is 3.62. The second-order valence-corrected chi connectivity index (χ2v) is 6.63. The molecule has 1 N–H and O–H groups in total. The van der Waals surface area contributed by atoms with Crippen LogP contribution in [0.2, 0.25) is 0 Å². The zero-order valence-electron chi connectivity index (χ0n) is 13.5. The number of nitrogens with one attached hydrogen (secondary N) is 1. The summed E-state index contributed by atoms with van der Waals surface area (Å²) in [4.78, 5) is 2.65. The Kier molecular flexibility index (Phi) is 5.62. The van der Waals surface area contributed by atoms with Gasteiger partial charge in [0.25, 0.3) is 0 Å². The van der Waals surface area contributed by atoms with Crippen molar-refractivity contribution in [2.45, 2.75) is 40.2 Å². The van der Waals surface area contributed by atoms with Gasteiger partial charge in [0.1, 0.15) is 0 Å². The SMILES string of the molecule is CCNC(CN1CC(C)CC(C)C1)c1ccccc1C. The first kappa shape index (κ1) is 15.5. The van der Waals surface area contributed by atoms with Gasteiger partial charge in [0, 0.05) is 25.7 Å². The molecule has 1 heterocycles. The molecule has 2 rings (SSSR count). The predicted molar refractivity (Wildman–Crippen MR) is 87.0 cm³/mol. The molecule has 1 aromatic carbocycles. The fourth-order valence-electron chi connectivity index (χ4n) is 3.70. The molecule has 2 nitrogen and oxygen atoms in total. The standard InChI is InChI=1S/C18H30N2/c1-5-19-18(17-9-7-6-8-16(17)4)13-20-11-14(2)10-15(3)12-20/h6-9,14-15,18-19H,5,10-13H2,1-4H3. The zero-order valence-corrected chi connectivity index (χ0v) is 13.5. The van der Waals surface area contributed by atoms with Crippen molar-refractivity contribution in [1.29, 1.82) is 0 Å². The molecule has 0 saturated carbocycles. The van der Waals surface area contributed by atoms with E-state index < -0.39 is 0 Å². The van der Waals surface area contributed by atoms with Crippen molar-refractivity contribution in [2.75, 3.05) is 26.2 Å². The van der Waals surface area contributed by atoms with E-state index in [-0.39, 0.29) is 0 Å². The third kappa shape index (κ3) is 4.07. The Balaban J connectivity index is 2.07. The van der Waals surface area contributed by atoms with Crippen molar-refractivity contribution in [3.63, 3.8) is 0 Å². The molecule has 0 amide bonds. The van der Waals surface area contributed by atoms with Crippen LogP contribution in [0.1, 0.15) is 44.4 Å². The lowest BCUT2D eigenvalue weighted by Gasteiger charge is -2.37. The van der Waals surface area contributed by atoms with Crippen molar-refractivity contribution >= 4 is 0 Å². The van der Waals surface area contributed by atoms with Crippen LogP contribution in [0.4, 0.5) is 0 Å². The largest absolute Gasteiger partial charge is 0.309 e. The van der Waals surface area contributed by atoms with E-state index in [2.05, 4.69) is 62.2 Å². The van der Waals surface area contributed by atoms with Crippen LogP contribution in [-0.2, 0) is 0 Å². The average Bonchev–Trinajstić information content (AvgIpc) is 2.37. The molecular weight excluding hydrogens is 244 g/mol. The summed E-state index contributed by atoms with van der Waals surface area (Å²) in [6.45, 7) is 13.9. The van der Waals surface area contributed by atoms with Gasteiger partial charge in [0.15, 0.2) is 0 Å². The second-order valence-electron chi connectivity index (χ2n) is 6.63. The van der Waals surface area contributed by atoms with E-state index in [9.17, 15) is 0 Å². The van der Waals surface area contributed by atoms with Gasteiger partial charge in [-0.1, -0.05) is 45.0 Å². The topological polar surface area (TPSA) is 15.3 Å². The summed E-state index contributed by atoms with van der Waals surface area (Å²) in [6, 6.07) is 9.25. The van der Waals surface area contributed by atoms with Gasteiger partial charge in [-0.3, -0.25) is 0 Å². The minimum absolute atomic E-state index is 0.457. The zero-order chi connectivity index (χ0) is 14.5. The van der Waals surface area contributed by atoms with Gasteiger partial charge in [-0.25, -0.2) is 0 Å². The molecule has 112 valence electrons. The molecule has 1 saturated heterocycles. The molecule has 0 spiro atoms. The van der Waals surface area contributed by atoms with Crippen LogP contribution < -0.4 is 5.32 Å². The lowest BCUT2D eigenvalue weighted by Crippen LogP contribution is -2.43. The average molecular weight is 274 g/mol. The fraction of sp³-hybridized carbons (Fsp3) is 0.667. The quantitative estimate of drug-likeness (QED) is 0.882. The smallest absolute Gasteiger partial charge is 0.0451 e. The Hall–Kier alpha value is -0.860. The molecule has 1 aliphatic heterocycles. The second kappa shape index (κ2) is 7.24. The number of hydrogen-bond donors (Lipinski definition) is 1. The highest BCUT2D eigenvalue weighted by molar-refractivity contribution is 5.29. The first-order valence-corrected chi connectivity index (χ1v) is 8.11. The summed E-state index contributed by atoms with van der Waals surface area (Å²) in [7, 11) is 0. The van der Waals surface area contributed by atoms with Crippen LogP contribution in [0.15, 0.2) is 24.3 Å². The van der Waals surface area contributed by atoms with Gasteiger partial charge >= 0.3 is 0 Å². The van der Waals surface area contributed by atoms with Crippen molar-refractivity contribution in [3.05, 3.63) is 35.4 Å². The van der Waals surface area contributed by atoms with E-state index >= 15 is 0 Å². The van der Waals surface area contributed by atoms with E-state index in [1.165, 1.54) is 30.6 Å². The Morgan fingerprint density at radius 3 is 2.45 bits per heavy atom. The van der Waals surface area contributed by atoms with Gasteiger partial charge in [-0.05, 0) is 42.9 Å². The van der Waals surface area contributed by atoms with E-state index in [0.717, 1.165) is 24.9 Å². The lowest BCUT2D eigenvalue weighted by molar-refractivity contribution is 0.128. The number of aryl methyl sites for hydroxylation is 1. The summed E-state index contributed by atoms with van der Waals surface area (Å²) in [5.74, 6) is 1.66. The maximum absolute atomic E-state index is 3.68. The molecule has 3 atom stereocenters. The third-order valence-corrected chi connectivity index (χ3v) is 4.40. The molecule has 3 unspecified atom stereocenters. The molecule has 2 heteroatoms. The van der Waals surface area contributed by atoms with Crippen molar-refractivity contribution < 1.29 is 0 Å². The number of likely N-dealkylation sites (N-methyl/N-ethyl adjacent to an activating group) is 1. The number of rotatable bonds is 5. The Morgan fingerprint density at radius 2 is 1.85 bits per heavy atom. The summed E-state index contributed by atoms with van der Waals surface area (Å²) < 4.78 is 0. The molecule has 0 aliphatic carbocycles. The highest BCUT2D eigenvalue weighted by Crippen LogP contribution is 2.24. The van der Waals surface area contributed by atoms with Crippen LogP contribution in [0.5, 0.6) is 0 Å². The normalized spacial score (nSPS) is 25.6. The molecule has 0 aromatic heterocycles. The molecule has 20 heavy (non-hydrogen) atoms. The van der Waals surface area contributed by atoms with E-state index in [0.29, 0.717) is 6.04 Å². The monoisotopic (exact) mass is 274 g/mol. The summed E-state index contributed by atoms with van der Waals surface area (Å²) in [5.41, 5.74) is 2.86. The summed E-state index contributed by atoms with van der Waals surface area (Å²) in [5, 5.41) is 3.68. The van der Waals surface area contributed by atoms with Crippen molar-refractivity contribution in [2.24, 2.45) is 11.8 Å². The molecule has 0 bridgehead atoms. The third-order valence-electron chi connectivity index (χ3n) is 4.40. The van der Waals surface area contributed by atoms with Gasteiger partial charge < -0.3 is 10.2 Å². The fourth-order valence-corrected chi connectivity index (χ4v) is 3.70. The number of piperidine rings is 1. The summed E-state index contributed by atoms with van der Waals surface area (Å²) in [6.07, 6.45) is 1.38. The molecule has 1 aliphatic rings. The molecule has 0 radical (unpaired) electrons. The van der Waals surface area contributed by atoms with Crippen LogP contribution in [-0.4, -0.2) is 31.1 Å². The van der Waals surface area contributed by atoms with Crippen molar-refractivity contribution in [1.82, 2.24) is 10.2 Å². The molecular formula is C18H30N2. The number of nitrogens with zero attached hydrogens (tertiary/aromatic N) is 1. The van der Waals surface area contributed by atoms with Gasteiger partial charge in [-0.2, -0.15) is 0 Å². The number of hydrogen-bond acceptors (Lipinski definition) is 2. The van der Waals surface area contributed by atoms with E-state index in [1.54, 1.807) is 0 Å². The van der Waals surface area contributed by atoms with Crippen molar-refractivity contribution in [3.8, 4) is 0 Å². The Bertz CT molecular complexity index is 406. The van der Waals surface area contributed by atoms with E-state index in [4.69, 9.17) is 0 Å². The highest BCUT2D eigenvalue weighted by atomic mass is 15.2. The first-order valence-electron chi connectivity index (χ1n) is 8.11. The van der Waals surface area contributed by atoms with E-state index in [1.807, 2.05) is 0 Å². The van der Waals surface area contributed by atoms with Gasteiger partial charge in [-0.15, -0.1) is 0 Å². The Labute approximate surface area is 124 Å². The van der Waals surface area contributed by atoms with Gasteiger partial charge in [0.2, 0.25) is 0 Å². The van der Waals surface area contributed by atoms with Gasteiger partial charge in [0.05, 0.1) is 0 Å². The number of likely N-dealkylation sites (tertiary alicyclic amines) is 1. The molecule has 1 fully saturated rings. The van der Waals surface area contributed by atoms with Crippen LogP contribution in [0.3, 0.4) is 0 Å².